The van der Waals surface area contributed by atoms with Gasteiger partial charge in [-0.3, -0.25) is 0 Å². The number of rotatable bonds is 5. The van der Waals surface area contributed by atoms with Crippen LogP contribution in [-0.2, 0) is 11.3 Å². The number of anilines is 2. The minimum atomic E-state index is -0.177. The van der Waals surface area contributed by atoms with Gasteiger partial charge in [-0.15, -0.1) is 0 Å². The van der Waals surface area contributed by atoms with Crippen molar-refractivity contribution in [1.29, 1.82) is 0 Å². The topological polar surface area (TPSA) is 67.0 Å². The Labute approximate surface area is 210 Å². The molecule has 0 aliphatic carbocycles. The number of benzene rings is 2. The number of ether oxygens (including phenoxy) is 1. The molecule has 1 atom stereocenters. The molecule has 6 nitrogen and oxygen atoms in total. The highest BCUT2D eigenvalue weighted by Crippen LogP contribution is 2.33. The second-order valence-electron chi connectivity index (χ2n) is 8.28. The first-order chi connectivity index (χ1) is 16.6. The Morgan fingerprint density at radius 1 is 0.971 bits per heavy atom. The van der Waals surface area contributed by atoms with E-state index in [0.717, 1.165) is 53.8 Å². The van der Waals surface area contributed by atoms with Crippen LogP contribution in [0.2, 0.25) is 0 Å². The van der Waals surface area contributed by atoms with E-state index < -0.39 is 0 Å². The van der Waals surface area contributed by atoms with E-state index in [4.69, 9.17) is 39.9 Å². The Kier molecular flexibility index (Phi) is 6.62. The molecule has 0 spiro atoms. The van der Waals surface area contributed by atoms with Crippen LogP contribution in [-0.4, -0.2) is 51.9 Å². The zero-order chi connectivity index (χ0) is 23.5. The standard InChI is InChI=1S/C26H25N5OS2/c27-22-11-6-18(16-28-22)17-31-25(33)23(19-4-2-1-3-5-19)24(26(31)34)29-20-7-9-21(10-8-20)30-12-14-32-15-13-30/h1-11,16,23H,12-15,17H2,(H2,27,28). The van der Waals surface area contributed by atoms with Crippen LogP contribution in [0.15, 0.2) is 77.9 Å². The zero-order valence-electron chi connectivity index (χ0n) is 18.6. The third-order valence-corrected chi connectivity index (χ3v) is 6.93. The number of nitrogens with zero attached hydrogens (tertiary/aromatic N) is 4. The first kappa shape index (κ1) is 22.6. The number of likely N-dealkylation sites (tertiary alicyclic amines) is 1. The molecule has 172 valence electrons. The molecule has 8 heteroatoms. The first-order valence-electron chi connectivity index (χ1n) is 11.2. The van der Waals surface area contributed by atoms with E-state index in [9.17, 15) is 0 Å². The number of morpholine rings is 1. The molecular formula is C26H25N5OS2. The molecule has 2 fully saturated rings. The van der Waals surface area contributed by atoms with Crippen molar-refractivity contribution in [2.24, 2.45) is 4.99 Å². The van der Waals surface area contributed by atoms with Gasteiger partial charge in [-0.25, -0.2) is 9.98 Å². The second kappa shape index (κ2) is 9.97. The molecule has 3 heterocycles. The van der Waals surface area contributed by atoms with Gasteiger partial charge in [0.2, 0.25) is 0 Å². The molecule has 2 aromatic carbocycles. The van der Waals surface area contributed by atoms with E-state index in [1.54, 1.807) is 12.3 Å². The van der Waals surface area contributed by atoms with Crippen molar-refractivity contribution < 1.29 is 4.74 Å². The fraction of sp³-hybridized carbons (Fsp3) is 0.231. The molecule has 2 N–H and O–H groups in total. The van der Waals surface area contributed by atoms with E-state index in [0.29, 0.717) is 17.4 Å². The normalized spacial score (nSPS) is 19.8. The lowest BCUT2D eigenvalue weighted by atomic mass is 9.96. The summed E-state index contributed by atoms with van der Waals surface area (Å²) in [5.74, 6) is 0.310. The van der Waals surface area contributed by atoms with Crippen molar-refractivity contribution in [3.05, 3.63) is 84.1 Å². The quantitative estimate of drug-likeness (QED) is 0.531. The van der Waals surface area contributed by atoms with Crippen LogP contribution in [0.5, 0.6) is 0 Å². The summed E-state index contributed by atoms with van der Waals surface area (Å²) in [7, 11) is 0. The molecule has 0 bridgehead atoms. The Morgan fingerprint density at radius 2 is 1.71 bits per heavy atom. The minimum Gasteiger partial charge on any atom is -0.384 e. The Morgan fingerprint density at radius 3 is 2.38 bits per heavy atom. The van der Waals surface area contributed by atoms with Crippen molar-refractivity contribution >= 4 is 57.3 Å². The average molecular weight is 488 g/mol. The summed E-state index contributed by atoms with van der Waals surface area (Å²) in [5, 5.41) is 0. The number of hydrogen-bond donors (Lipinski definition) is 1. The third kappa shape index (κ3) is 4.70. The van der Waals surface area contributed by atoms with Crippen LogP contribution in [0.25, 0.3) is 0 Å². The molecule has 0 amide bonds. The number of thiocarbonyl (C=S) groups is 2. The predicted molar refractivity (Wildman–Crippen MR) is 145 cm³/mol. The molecule has 0 saturated carbocycles. The molecular weight excluding hydrogens is 462 g/mol. The number of pyridine rings is 1. The van der Waals surface area contributed by atoms with Gasteiger partial charge in [0.15, 0.2) is 0 Å². The largest absolute Gasteiger partial charge is 0.384 e. The second-order valence-corrected chi connectivity index (χ2v) is 9.08. The minimum absolute atomic E-state index is 0.177. The van der Waals surface area contributed by atoms with Gasteiger partial charge in [-0.1, -0.05) is 60.8 Å². The fourth-order valence-electron chi connectivity index (χ4n) is 4.25. The molecule has 2 aliphatic heterocycles. The van der Waals surface area contributed by atoms with Gasteiger partial charge in [0.1, 0.15) is 10.8 Å². The zero-order valence-corrected chi connectivity index (χ0v) is 20.3. The maximum atomic E-state index is 5.94. The highest BCUT2D eigenvalue weighted by molar-refractivity contribution is 7.83. The van der Waals surface area contributed by atoms with Crippen LogP contribution in [0.1, 0.15) is 17.0 Å². The SMILES string of the molecule is Nc1ccc(CN2C(=S)C(=Nc3ccc(N4CCOCC4)cc3)C(c3ccccc3)C2=S)cn1. The van der Waals surface area contributed by atoms with Crippen LogP contribution in [0.4, 0.5) is 17.2 Å². The highest BCUT2D eigenvalue weighted by Gasteiger charge is 2.39. The van der Waals surface area contributed by atoms with E-state index in [1.165, 1.54) is 5.69 Å². The van der Waals surface area contributed by atoms with Crippen molar-refractivity contribution in [3.63, 3.8) is 0 Å². The van der Waals surface area contributed by atoms with E-state index >= 15 is 0 Å². The van der Waals surface area contributed by atoms with Crippen molar-refractivity contribution in [2.45, 2.75) is 12.5 Å². The number of aromatic nitrogens is 1. The smallest absolute Gasteiger partial charge is 0.129 e. The van der Waals surface area contributed by atoms with E-state index in [1.807, 2.05) is 41.3 Å². The molecule has 1 aromatic heterocycles. The van der Waals surface area contributed by atoms with Crippen molar-refractivity contribution in [2.75, 3.05) is 36.9 Å². The number of aliphatic imine (C=N–C) groups is 1. The monoisotopic (exact) mass is 487 g/mol. The van der Waals surface area contributed by atoms with Crippen LogP contribution in [0.3, 0.4) is 0 Å². The summed E-state index contributed by atoms with van der Waals surface area (Å²) in [6.07, 6.45) is 1.76. The molecule has 1 unspecified atom stereocenters. The molecule has 5 rings (SSSR count). The van der Waals surface area contributed by atoms with Gasteiger partial charge in [-0.2, -0.15) is 0 Å². The maximum absolute atomic E-state index is 5.94. The lowest BCUT2D eigenvalue weighted by Crippen LogP contribution is -2.36. The Hall–Kier alpha value is -3.20. The Balaban J connectivity index is 1.46. The molecule has 2 saturated heterocycles. The molecule has 34 heavy (non-hydrogen) atoms. The number of hydrogen-bond acceptors (Lipinski definition) is 7. The van der Waals surface area contributed by atoms with E-state index in [2.05, 4.69) is 34.1 Å². The van der Waals surface area contributed by atoms with Gasteiger partial charge in [0.25, 0.3) is 0 Å². The lowest BCUT2D eigenvalue weighted by Gasteiger charge is -2.28. The van der Waals surface area contributed by atoms with Gasteiger partial charge < -0.3 is 20.3 Å². The maximum Gasteiger partial charge on any atom is 0.129 e. The third-order valence-electron chi connectivity index (χ3n) is 6.05. The van der Waals surface area contributed by atoms with Crippen molar-refractivity contribution in [1.82, 2.24) is 9.88 Å². The van der Waals surface area contributed by atoms with Crippen LogP contribution >= 0.6 is 24.4 Å². The number of nitrogen functional groups attached to an aromatic ring is 1. The van der Waals surface area contributed by atoms with Gasteiger partial charge >= 0.3 is 0 Å². The van der Waals surface area contributed by atoms with Crippen molar-refractivity contribution in [3.8, 4) is 0 Å². The average Bonchev–Trinajstić information content (AvgIpc) is 3.11. The van der Waals surface area contributed by atoms with E-state index in [-0.39, 0.29) is 5.92 Å². The fourth-order valence-corrected chi connectivity index (χ4v) is 5.04. The summed E-state index contributed by atoms with van der Waals surface area (Å²) in [4.78, 5) is 14.9. The summed E-state index contributed by atoms with van der Waals surface area (Å²) in [5.41, 5.74) is 10.6. The highest BCUT2D eigenvalue weighted by atomic mass is 32.1. The predicted octanol–water partition coefficient (Wildman–Crippen LogP) is 4.53. The van der Waals surface area contributed by atoms with Gasteiger partial charge in [0, 0.05) is 25.0 Å². The van der Waals surface area contributed by atoms with Crippen LogP contribution in [0, 0.1) is 0 Å². The van der Waals surface area contributed by atoms with Crippen LogP contribution < -0.4 is 10.6 Å². The Bertz CT molecular complexity index is 1210. The molecule has 3 aromatic rings. The summed E-state index contributed by atoms with van der Waals surface area (Å²) >= 11 is 11.8. The summed E-state index contributed by atoms with van der Waals surface area (Å²) in [6, 6.07) is 22.2. The lowest BCUT2D eigenvalue weighted by molar-refractivity contribution is 0.122. The summed E-state index contributed by atoms with van der Waals surface area (Å²) in [6.45, 7) is 3.85. The first-order valence-corrected chi connectivity index (χ1v) is 12.0. The van der Waals surface area contributed by atoms with Gasteiger partial charge in [-0.05, 0) is 41.5 Å². The summed E-state index contributed by atoms with van der Waals surface area (Å²) < 4.78 is 5.46. The molecule has 0 radical (unpaired) electrons. The van der Waals surface area contributed by atoms with Gasteiger partial charge in [0.05, 0.1) is 42.1 Å². The molecule has 2 aliphatic rings. The number of nitrogens with two attached hydrogens (primary N) is 1.